The molecule has 0 aromatic carbocycles. The van der Waals surface area contributed by atoms with Gasteiger partial charge in [-0.15, -0.1) is 0 Å². The fourth-order valence-corrected chi connectivity index (χ4v) is 1.95. The average molecular weight is 215 g/mol. The third-order valence-electron chi connectivity index (χ3n) is 2.72. The lowest BCUT2D eigenvalue weighted by Gasteiger charge is -2.30. The van der Waals surface area contributed by atoms with E-state index in [0.29, 0.717) is 19.6 Å². The molecule has 0 saturated carbocycles. The summed E-state index contributed by atoms with van der Waals surface area (Å²) in [6.07, 6.45) is 1.91. The lowest BCUT2D eigenvalue weighted by molar-refractivity contribution is -0.135. The van der Waals surface area contributed by atoms with Crippen LogP contribution in [0.1, 0.15) is 26.2 Å². The van der Waals surface area contributed by atoms with Crippen molar-refractivity contribution in [3.8, 4) is 0 Å². The van der Waals surface area contributed by atoms with Crippen LogP contribution in [0.4, 0.5) is 0 Å². The van der Waals surface area contributed by atoms with E-state index in [0.717, 1.165) is 19.4 Å². The summed E-state index contributed by atoms with van der Waals surface area (Å²) < 4.78 is 4.99. The van der Waals surface area contributed by atoms with Gasteiger partial charge in [0.25, 0.3) is 0 Å². The Kier molecular flexibility index (Phi) is 5.05. The maximum Gasteiger partial charge on any atom is 0.223 e. The van der Waals surface area contributed by atoms with Crippen LogP contribution in [0.25, 0.3) is 0 Å². The van der Waals surface area contributed by atoms with Crippen LogP contribution >= 0.6 is 0 Å². The smallest absolute Gasteiger partial charge is 0.223 e. The summed E-state index contributed by atoms with van der Waals surface area (Å²) in [6.45, 7) is 3.90. The number of methoxy groups -OCH3 is 1. The Morgan fingerprint density at radius 3 is 3.00 bits per heavy atom. The van der Waals surface area contributed by atoms with Crippen LogP contribution in [0.5, 0.6) is 0 Å². The standard InChI is InChI=1S/C11H21NO3/c1-9(8-15-2)6-11(14)12-5-3-4-10(13)7-12/h9-10,13H,3-8H2,1-2H3. The van der Waals surface area contributed by atoms with Crippen molar-refractivity contribution in [3.63, 3.8) is 0 Å². The first kappa shape index (κ1) is 12.5. The molecule has 0 aromatic heterocycles. The highest BCUT2D eigenvalue weighted by atomic mass is 16.5. The minimum atomic E-state index is -0.333. The largest absolute Gasteiger partial charge is 0.391 e. The van der Waals surface area contributed by atoms with Crippen molar-refractivity contribution in [1.29, 1.82) is 0 Å². The lowest BCUT2D eigenvalue weighted by Crippen LogP contribution is -2.42. The molecule has 1 N–H and O–H groups in total. The van der Waals surface area contributed by atoms with Crippen molar-refractivity contribution in [2.45, 2.75) is 32.3 Å². The number of piperidine rings is 1. The molecule has 1 saturated heterocycles. The number of rotatable bonds is 4. The summed E-state index contributed by atoms with van der Waals surface area (Å²) in [5, 5.41) is 9.45. The number of aliphatic hydroxyl groups excluding tert-OH is 1. The second-order valence-electron chi connectivity index (χ2n) is 4.40. The molecule has 4 heteroatoms. The Morgan fingerprint density at radius 1 is 1.67 bits per heavy atom. The van der Waals surface area contributed by atoms with Crippen LogP contribution in [0, 0.1) is 5.92 Å². The lowest BCUT2D eigenvalue weighted by atomic mass is 10.0. The molecular formula is C11H21NO3. The molecule has 0 aliphatic carbocycles. The van der Waals surface area contributed by atoms with E-state index in [1.54, 1.807) is 12.0 Å². The second kappa shape index (κ2) is 6.08. The van der Waals surface area contributed by atoms with Crippen LogP contribution in [-0.4, -0.2) is 48.8 Å². The number of β-amino-alcohol motifs (C(OH)–C–C–N with tert-alkyl or cyclic N) is 1. The number of ether oxygens (including phenoxy) is 1. The first-order chi connectivity index (χ1) is 7.13. The Hall–Kier alpha value is -0.610. The number of aliphatic hydroxyl groups is 1. The summed E-state index contributed by atoms with van der Waals surface area (Å²) in [4.78, 5) is 13.6. The van der Waals surface area contributed by atoms with Gasteiger partial charge in [-0.05, 0) is 18.8 Å². The van der Waals surface area contributed by atoms with Crippen molar-refractivity contribution < 1.29 is 14.6 Å². The fourth-order valence-electron chi connectivity index (χ4n) is 1.95. The first-order valence-electron chi connectivity index (χ1n) is 5.58. The van der Waals surface area contributed by atoms with Crippen LogP contribution < -0.4 is 0 Å². The van der Waals surface area contributed by atoms with Gasteiger partial charge in [-0.25, -0.2) is 0 Å². The predicted octanol–water partition coefficient (Wildman–Crippen LogP) is 0.642. The average Bonchev–Trinajstić information content (AvgIpc) is 2.18. The number of nitrogens with zero attached hydrogens (tertiary/aromatic N) is 1. The van der Waals surface area contributed by atoms with Gasteiger partial charge in [0, 0.05) is 33.2 Å². The number of hydrogen-bond donors (Lipinski definition) is 1. The van der Waals surface area contributed by atoms with E-state index in [9.17, 15) is 9.90 Å². The van der Waals surface area contributed by atoms with Crippen LogP contribution in [0.3, 0.4) is 0 Å². The zero-order valence-electron chi connectivity index (χ0n) is 9.61. The Balaban J connectivity index is 2.32. The summed E-state index contributed by atoms with van der Waals surface area (Å²) in [5.41, 5.74) is 0. The first-order valence-corrected chi connectivity index (χ1v) is 5.58. The molecule has 1 fully saturated rings. The number of carbonyl (C=O) groups excluding carboxylic acids is 1. The molecule has 0 bridgehead atoms. The van der Waals surface area contributed by atoms with Gasteiger partial charge in [0.2, 0.25) is 5.91 Å². The maximum atomic E-state index is 11.8. The van der Waals surface area contributed by atoms with E-state index >= 15 is 0 Å². The van der Waals surface area contributed by atoms with E-state index < -0.39 is 0 Å². The third kappa shape index (κ3) is 4.18. The summed E-state index contributed by atoms with van der Waals surface area (Å²) in [5.74, 6) is 0.389. The molecular weight excluding hydrogens is 194 g/mol. The maximum absolute atomic E-state index is 11.8. The van der Waals surface area contributed by atoms with Crippen LogP contribution in [0.2, 0.25) is 0 Å². The van der Waals surface area contributed by atoms with Gasteiger partial charge in [-0.3, -0.25) is 4.79 Å². The van der Waals surface area contributed by atoms with Crippen molar-refractivity contribution in [3.05, 3.63) is 0 Å². The number of amides is 1. The topological polar surface area (TPSA) is 49.8 Å². The highest BCUT2D eigenvalue weighted by Crippen LogP contribution is 2.13. The molecule has 88 valence electrons. The number of likely N-dealkylation sites (tertiary alicyclic amines) is 1. The molecule has 1 amide bonds. The van der Waals surface area contributed by atoms with Crippen molar-refractivity contribution in [2.75, 3.05) is 26.8 Å². The van der Waals surface area contributed by atoms with E-state index in [1.807, 2.05) is 6.92 Å². The summed E-state index contributed by atoms with van der Waals surface area (Å²) >= 11 is 0. The van der Waals surface area contributed by atoms with Gasteiger partial charge in [0.15, 0.2) is 0 Å². The van der Waals surface area contributed by atoms with Gasteiger partial charge in [-0.1, -0.05) is 6.92 Å². The molecule has 1 heterocycles. The van der Waals surface area contributed by atoms with Crippen molar-refractivity contribution in [1.82, 2.24) is 4.90 Å². The Labute approximate surface area is 91.2 Å². The highest BCUT2D eigenvalue weighted by molar-refractivity contribution is 5.76. The molecule has 1 aliphatic rings. The SMILES string of the molecule is COCC(C)CC(=O)N1CCCC(O)C1. The van der Waals surface area contributed by atoms with Gasteiger partial charge >= 0.3 is 0 Å². The zero-order valence-corrected chi connectivity index (χ0v) is 9.61. The van der Waals surface area contributed by atoms with Gasteiger partial charge in [0.1, 0.15) is 0 Å². The molecule has 15 heavy (non-hydrogen) atoms. The molecule has 1 aliphatic heterocycles. The van der Waals surface area contributed by atoms with E-state index in [4.69, 9.17) is 4.74 Å². The summed E-state index contributed by atoms with van der Waals surface area (Å²) in [6, 6.07) is 0. The van der Waals surface area contributed by atoms with E-state index in [1.165, 1.54) is 0 Å². The molecule has 0 spiro atoms. The minimum Gasteiger partial charge on any atom is -0.391 e. The highest BCUT2D eigenvalue weighted by Gasteiger charge is 2.22. The predicted molar refractivity (Wildman–Crippen MR) is 57.5 cm³/mol. The van der Waals surface area contributed by atoms with Gasteiger partial charge < -0.3 is 14.7 Å². The molecule has 4 nitrogen and oxygen atoms in total. The molecule has 0 radical (unpaired) electrons. The van der Waals surface area contributed by atoms with Gasteiger partial charge in [-0.2, -0.15) is 0 Å². The van der Waals surface area contributed by atoms with Crippen LogP contribution in [0.15, 0.2) is 0 Å². The Bertz CT molecular complexity index is 208. The quantitative estimate of drug-likeness (QED) is 0.749. The monoisotopic (exact) mass is 215 g/mol. The van der Waals surface area contributed by atoms with E-state index in [-0.39, 0.29) is 17.9 Å². The minimum absolute atomic E-state index is 0.137. The molecule has 0 aromatic rings. The van der Waals surface area contributed by atoms with Crippen molar-refractivity contribution >= 4 is 5.91 Å². The number of carbonyl (C=O) groups is 1. The molecule has 2 unspecified atom stereocenters. The van der Waals surface area contributed by atoms with E-state index in [2.05, 4.69) is 0 Å². The normalized spacial score (nSPS) is 23.9. The summed E-state index contributed by atoms with van der Waals surface area (Å²) in [7, 11) is 1.64. The number of hydrogen-bond acceptors (Lipinski definition) is 3. The van der Waals surface area contributed by atoms with Crippen LogP contribution in [-0.2, 0) is 9.53 Å². The van der Waals surface area contributed by atoms with Gasteiger partial charge in [0.05, 0.1) is 6.10 Å². The molecule has 1 rings (SSSR count). The fraction of sp³-hybridized carbons (Fsp3) is 0.909. The molecule has 2 atom stereocenters. The zero-order chi connectivity index (χ0) is 11.3. The van der Waals surface area contributed by atoms with Crippen molar-refractivity contribution in [2.24, 2.45) is 5.92 Å². The Morgan fingerprint density at radius 2 is 2.40 bits per heavy atom. The third-order valence-corrected chi connectivity index (χ3v) is 2.72. The second-order valence-corrected chi connectivity index (χ2v) is 4.40.